The van der Waals surface area contributed by atoms with Gasteiger partial charge in [0.25, 0.3) is 5.91 Å². The fourth-order valence-electron chi connectivity index (χ4n) is 3.36. The normalized spacial score (nSPS) is 10.6. The van der Waals surface area contributed by atoms with Crippen molar-refractivity contribution in [3.05, 3.63) is 118 Å². The van der Waals surface area contributed by atoms with E-state index in [-0.39, 0.29) is 12.4 Å². The molecule has 0 saturated carbocycles. The lowest BCUT2D eigenvalue weighted by Crippen LogP contribution is -2.24. The standard InChI is InChI=1S/C30H25BrN2O6/c1-36-28-16-22(10-15-27(28)39-30(35)23-8-5-9-24(31)17-23)18-32-33-29(34)20-38-26-13-11-25(12-14-26)37-19-21-6-3-2-4-7-21/h2-18H,19-20H2,1H3,(H,33,34). The summed E-state index contributed by atoms with van der Waals surface area (Å²) in [6, 6.07) is 28.7. The van der Waals surface area contributed by atoms with Gasteiger partial charge in [0.2, 0.25) is 0 Å². The lowest BCUT2D eigenvalue weighted by molar-refractivity contribution is -0.123. The molecule has 9 heteroatoms. The summed E-state index contributed by atoms with van der Waals surface area (Å²) in [4.78, 5) is 24.6. The maximum atomic E-state index is 12.4. The lowest BCUT2D eigenvalue weighted by Gasteiger charge is -2.10. The molecule has 8 nitrogen and oxygen atoms in total. The first-order valence-electron chi connectivity index (χ1n) is 11.9. The molecule has 1 amide bonds. The van der Waals surface area contributed by atoms with Crippen LogP contribution in [0.25, 0.3) is 0 Å². The first-order chi connectivity index (χ1) is 19.0. The zero-order chi connectivity index (χ0) is 27.5. The Hall–Kier alpha value is -4.63. The molecule has 0 aliphatic carbocycles. The third kappa shape index (κ3) is 8.44. The zero-order valence-electron chi connectivity index (χ0n) is 21.0. The van der Waals surface area contributed by atoms with Crippen LogP contribution in [0.5, 0.6) is 23.0 Å². The molecule has 0 atom stereocenters. The number of rotatable bonds is 11. The summed E-state index contributed by atoms with van der Waals surface area (Å²) in [6.45, 7) is 0.252. The Morgan fingerprint density at radius 2 is 1.59 bits per heavy atom. The third-order valence-corrected chi connectivity index (χ3v) is 5.79. The molecular formula is C30H25BrN2O6. The van der Waals surface area contributed by atoms with Gasteiger partial charge in [-0.2, -0.15) is 5.10 Å². The maximum absolute atomic E-state index is 12.4. The minimum Gasteiger partial charge on any atom is -0.493 e. The Kier molecular flexibility index (Phi) is 9.68. The summed E-state index contributed by atoms with van der Waals surface area (Å²) in [5.41, 5.74) is 4.51. The Balaban J connectivity index is 1.24. The Morgan fingerprint density at radius 3 is 2.31 bits per heavy atom. The SMILES string of the molecule is COc1cc(C=NNC(=O)COc2ccc(OCc3ccccc3)cc2)ccc1OC(=O)c1cccc(Br)c1. The van der Waals surface area contributed by atoms with E-state index in [2.05, 4.69) is 26.5 Å². The average Bonchev–Trinajstić information content (AvgIpc) is 2.96. The van der Waals surface area contributed by atoms with Gasteiger partial charge in [-0.1, -0.05) is 52.3 Å². The van der Waals surface area contributed by atoms with E-state index in [9.17, 15) is 9.59 Å². The monoisotopic (exact) mass is 588 g/mol. The number of hydrogen-bond acceptors (Lipinski definition) is 7. The van der Waals surface area contributed by atoms with Crippen molar-refractivity contribution in [2.45, 2.75) is 6.61 Å². The number of esters is 1. The molecule has 0 radical (unpaired) electrons. The van der Waals surface area contributed by atoms with Crippen LogP contribution in [0.3, 0.4) is 0 Å². The number of hydrazone groups is 1. The number of ether oxygens (including phenoxy) is 4. The smallest absolute Gasteiger partial charge is 0.343 e. The fraction of sp³-hybridized carbons (Fsp3) is 0.100. The van der Waals surface area contributed by atoms with Crippen LogP contribution in [0, 0.1) is 0 Å². The first kappa shape index (κ1) is 27.4. The maximum Gasteiger partial charge on any atom is 0.343 e. The van der Waals surface area contributed by atoms with Crippen molar-refractivity contribution < 1.29 is 28.5 Å². The van der Waals surface area contributed by atoms with Gasteiger partial charge in [-0.25, -0.2) is 10.2 Å². The number of methoxy groups -OCH3 is 1. The molecule has 4 aromatic rings. The number of halogens is 1. The van der Waals surface area contributed by atoms with Crippen LogP contribution in [0.15, 0.2) is 107 Å². The number of carbonyl (C=O) groups excluding carboxylic acids is 2. The number of benzene rings is 4. The molecule has 1 N–H and O–H groups in total. The van der Waals surface area contributed by atoms with Crippen LogP contribution in [0.4, 0.5) is 0 Å². The van der Waals surface area contributed by atoms with Gasteiger partial charge < -0.3 is 18.9 Å². The number of nitrogens with zero attached hydrogens (tertiary/aromatic N) is 1. The number of nitrogens with one attached hydrogen (secondary N) is 1. The van der Waals surface area contributed by atoms with E-state index in [1.165, 1.54) is 13.3 Å². The Labute approximate surface area is 234 Å². The van der Waals surface area contributed by atoms with Crippen molar-refractivity contribution in [2.24, 2.45) is 5.10 Å². The summed E-state index contributed by atoms with van der Waals surface area (Å²) in [5.74, 6) is 0.880. The van der Waals surface area contributed by atoms with Crippen molar-refractivity contribution >= 4 is 34.0 Å². The average molecular weight is 589 g/mol. The van der Waals surface area contributed by atoms with Crippen molar-refractivity contribution in [3.8, 4) is 23.0 Å². The van der Waals surface area contributed by atoms with Crippen molar-refractivity contribution in [1.29, 1.82) is 0 Å². The van der Waals surface area contributed by atoms with Crippen LogP contribution in [-0.2, 0) is 11.4 Å². The van der Waals surface area contributed by atoms with Gasteiger partial charge in [-0.15, -0.1) is 0 Å². The molecule has 0 spiro atoms. The molecule has 4 rings (SSSR count). The Morgan fingerprint density at radius 1 is 0.846 bits per heavy atom. The van der Waals surface area contributed by atoms with Gasteiger partial charge in [0, 0.05) is 4.47 Å². The molecule has 0 fully saturated rings. The second-order valence-corrected chi connectivity index (χ2v) is 9.05. The van der Waals surface area contributed by atoms with E-state index in [4.69, 9.17) is 18.9 Å². The van der Waals surface area contributed by atoms with Crippen LogP contribution >= 0.6 is 15.9 Å². The quantitative estimate of drug-likeness (QED) is 0.103. The van der Waals surface area contributed by atoms with E-state index in [0.29, 0.717) is 35.0 Å². The van der Waals surface area contributed by atoms with Crippen molar-refractivity contribution in [1.82, 2.24) is 5.43 Å². The highest BCUT2D eigenvalue weighted by molar-refractivity contribution is 9.10. The van der Waals surface area contributed by atoms with Gasteiger partial charge in [-0.05, 0) is 71.8 Å². The Bertz CT molecular complexity index is 1440. The zero-order valence-corrected chi connectivity index (χ0v) is 22.6. The molecule has 0 aromatic heterocycles. The van der Waals surface area contributed by atoms with Crippen LogP contribution < -0.4 is 24.4 Å². The molecule has 0 heterocycles. The van der Waals surface area contributed by atoms with Crippen LogP contribution in [0.1, 0.15) is 21.5 Å². The fourth-order valence-corrected chi connectivity index (χ4v) is 3.76. The van der Waals surface area contributed by atoms with E-state index >= 15 is 0 Å². The van der Waals surface area contributed by atoms with Gasteiger partial charge in [0.1, 0.15) is 18.1 Å². The topological polar surface area (TPSA) is 95.5 Å². The largest absolute Gasteiger partial charge is 0.493 e. The summed E-state index contributed by atoms with van der Waals surface area (Å²) < 4.78 is 22.8. The summed E-state index contributed by atoms with van der Waals surface area (Å²) >= 11 is 3.33. The van der Waals surface area contributed by atoms with E-state index in [0.717, 1.165) is 10.0 Å². The van der Waals surface area contributed by atoms with Gasteiger partial charge in [0.05, 0.1) is 18.9 Å². The van der Waals surface area contributed by atoms with Crippen LogP contribution in [0.2, 0.25) is 0 Å². The molecule has 4 aromatic carbocycles. The summed E-state index contributed by atoms with van der Waals surface area (Å²) in [5, 5.41) is 3.95. The third-order valence-electron chi connectivity index (χ3n) is 5.30. The molecule has 39 heavy (non-hydrogen) atoms. The van der Waals surface area contributed by atoms with Gasteiger partial charge >= 0.3 is 5.97 Å². The number of carbonyl (C=O) groups is 2. The molecule has 0 saturated heterocycles. The molecule has 0 bridgehead atoms. The summed E-state index contributed by atoms with van der Waals surface area (Å²) in [7, 11) is 1.47. The molecule has 0 aliphatic rings. The van der Waals surface area contributed by atoms with Gasteiger partial charge in [-0.3, -0.25) is 4.79 Å². The van der Waals surface area contributed by atoms with Crippen molar-refractivity contribution in [2.75, 3.05) is 13.7 Å². The lowest BCUT2D eigenvalue weighted by atomic mass is 10.2. The van der Waals surface area contributed by atoms with E-state index < -0.39 is 11.9 Å². The predicted molar refractivity (Wildman–Crippen MR) is 151 cm³/mol. The molecule has 0 aliphatic heterocycles. The highest BCUT2D eigenvalue weighted by Crippen LogP contribution is 2.28. The molecular weight excluding hydrogens is 564 g/mol. The first-order valence-corrected chi connectivity index (χ1v) is 12.7. The minimum atomic E-state index is -0.516. The highest BCUT2D eigenvalue weighted by Gasteiger charge is 2.13. The molecule has 0 unspecified atom stereocenters. The second-order valence-electron chi connectivity index (χ2n) is 8.14. The summed E-state index contributed by atoms with van der Waals surface area (Å²) in [6.07, 6.45) is 1.44. The van der Waals surface area contributed by atoms with Crippen LogP contribution in [-0.4, -0.2) is 31.8 Å². The van der Waals surface area contributed by atoms with Gasteiger partial charge in [0.15, 0.2) is 18.1 Å². The second kappa shape index (κ2) is 13.8. The molecule has 198 valence electrons. The number of hydrogen-bond donors (Lipinski definition) is 1. The van der Waals surface area contributed by atoms with E-state index in [1.807, 2.05) is 36.4 Å². The van der Waals surface area contributed by atoms with Crippen molar-refractivity contribution in [3.63, 3.8) is 0 Å². The van der Waals surface area contributed by atoms with E-state index in [1.54, 1.807) is 60.7 Å². The minimum absolute atomic E-state index is 0.213. The highest BCUT2D eigenvalue weighted by atomic mass is 79.9. The number of amides is 1. The predicted octanol–water partition coefficient (Wildman–Crippen LogP) is 5.79.